The highest BCUT2D eigenvalue weighted by Gasteiger charge is 2.35. The zero-order valence-corrected chi connectivity index (χ0v) is 19.1. The van der Waals surface area contributed by atoms with E-state index in [1.807, 2.05) is 57.2 Å². The minimum Gasteiger partial charge on any atom is -0.508 e. The molecule has 0 fully saturated rings. The highest BCUT2D eigenvalue weighted by molar-refractivity contribution is 5.74. The lowest BCUT2D eigenvalue weighted by Gasteiger charge is -2.32. The number of rotatable bonds is 7. The number of carboxylic acid groups (broad SMARTS) is 1. The molecule has 1 amide bonds. The van der Waals surface area contributed by atoms with Crippen molar-refractivity contribution in [2.45, 2.75) is 66.2 Å². The first kappa shape index (κ1) is 25.2. The monoisotopic (exact) mass is 413 g/mol. The Hall–Kier alpha value is -2.82. The van der Waals surface area contributed by atoms with E-state index < -0.39 is 11.4 Å². The SMILES string of the molecule is CC(C)(CC(C)(C)c1ccc(NC=O)cc1)C(=O)O.Cc1cc(C(C)C)ccc1O. The van der Waals surface area contributed by atoms with Gasteiger partial charge in [0.2, 0.25) is 6.41 Å². The van der Waals surface area contributed by atoms with Gasteiger partial charge in [-0.05, 0) is 73.4 Å². The van der Waals surface area contributed by atoms with Gasteiger partial charge in [-0.15, -0.1) is 0 Å². The molecule has 0 saturated heterocycles. The summed E-state index contributed by atoms with van der Waals surface area (Å²) in [4.78, 5) is 21.6. The average molecular weight is 414 g/mol. The van der Waals surface area contributed by atoms with E-state index in [4.69, 9.17) is 0 Å². The van der Waals surface area contributed by atoms with Crippen LogP contribution in [-0.4, -0.2) is 22.6 Å². The van der Waals surface area contributed by atoms with E-state index in [1.165, 1.54) is 5.56 Å². The smallest absolute Gasteiger partial charge is 0.309 e. The number of aryl methyl sites for hydroxylation is 1. The fraction of sp³-hybridized carbons (Fsp3) is 0.440. The molecule has 0 unspecified atom stereocenters. The van der Waals surface area contributed by atoms with Gasteiger partial charge in [0.15, 0.2) is 0 Å². The number of amides is 1. The molecule has 2 aromatic carbocycles. The molecule has 0 bridgehead atoms. The maximum absolute atomic E-state index is 11.2. The zero-order valence-electron chi connectivity index (χ0n) is 19.1. The molecule has 5 nitrogen and oxygen atoms in total. The van der Waals surface area contributed by atoms with Crippen molar-refractivity contribution in [2.75, 3.05) is 5.32 Å². The van der Waals surface area contributed by atoms with E-state index in [-0.39, 0.29) is 5.41 Å². The number of carbonyl (C=O) groups excluding carboxylic acids is 1. The quantitative estimate of drug-likeness (QED) is 0.496. The van der Waals surface area contributed by atoms with Gasteiger partial charge in [-0.1, -0.05) is 52.0 Å². The van der Waals surface area contributed by atoms with Gasteiger partial charge < -0.3 is 15.5 Å². The Morgan fingerprint density at radius 3 is 2.07 bits per heavy atom. The summed E-state index contributed by atoms with van der Waals surface area (Å²) in [6.45, 7) is 13.7. The molecular weight excluding hydrogens is 378 g/mol. The van der Waals surface area contributed by atoms with Crippen molar-refractivity contribution in [3.05, 3.63) is 59.2 Å². The van der Waals surface area contributed by atoms with Crippen molar-refractivity contribution in [3.63, 3.8) is 0 Å². The molecule has 0 aliphatic carbocycles. The van der Waals surface area contributed by atoms with Crippen LogP contribution in [0.2, 0.25) is 0 Å². The number of nitrogens with one attached hydrogen (secondary N) is 1. The number of hydrogen-bond acceptors (Lipinski definition) is 3. The Labute approximate surface area is 180 Å². The Morgan fingerprint density at radius 1 is 1.07 bits per heavy atom. The lowest BCUT2D eigenvalue weighted by atomic mass is 9.71. The van der Waals surface area contributed by atoms with Gasteiger partial charge in [0.05, 0.1) is 5.41 Å². The van der Waals surface area contributed by atoms with Gasteiger partial charge >= 0.3 is 5.97 Å². The predicted octanol–water partition coefficient (Wildman–Crippen LogP) is 5.86. The number of hydrogen-bond donors (Lipinski definition) is 3. The molecule has 164 valence electrons. The van der Waals surface area contributed by atoms with E-state index >= 15 is 0 Å². The number of phenolic OH excluding ortho intramolecular Hbond substituents is 1. The van der Waals surface area contributed by atoms with Crippen LogP contribution in [0.25, 0.3) is 0 Å². The average Bonchev–Trinajstić information content (AvgIpc) is 2.64. The molecule has 0 saturated carbocycles. The van der Waals surface area contributed by atoms with Crippen LogP contribution in [-0.2, 0) is 15.0 Å². The standard InChI is InChI=1S/C15H21NO3.C10H14O/c1-14(2,9-15(3,4)13(18)19)11-5-7-12(8-6-11)16-10-17;1-7(2)9-4-5-10(11)8(3)6-9/h5-8,10H,9H2,1-4H3,(H,16,17)(H,18,19);4-7,11H,1-3H3. The van der Waals surface area contributed by atoms with Gasteiger partial charge in [0.1, 0.15) is 5.75 Å². The van der Waals surface area contributed by atoms with Crippen LogP contribution >= 0.6 is 0 Å². The number of aliphatic carboxylic acids is 1. The molecule has 2 rings (SSSR count). The summed E-state index contributed by atoms with van der Waals surface area (Å²) in [7, 11) is 0. The number of carboxylic acids is 1. The number of carbonyl (C=O) groups is 2. The molecule has 0 aromatic heterocycles. The molecule has 0 atom stereocenters. The van der Waals surface area contributed by atoms with Crippen LogP contribution in [0.4, 0.5) is 5.69 Å². The van der Waals surface area contributed by atoms with Crippen molar-refractivity contribution in [3.8, 4) is 5.75 Å². The first-order valence-electron chi connectivity index (χ1n) is 10.1. The molecular formula is C25H35NO4. The molecule has 3 N–H and O–H groups in total. The zero-order chi connectivity index (χ0) is 23.1. The van der Waals surface area contributed by atoms with Crippen LogP contribution < -0.4 is 5.32 Å². The topological polar surface area (TPSA) is 86.6 Å². The summed E-state index contributed by atoms with van der Waals surface area (Å²) in [5, 5.41) is 21.0. The van der Waals surface area contributed by atoms with Crippen LogP contribution in [0.1, 0.15) is 70.6 Å². The molecule has 0 heterocycles. The van der Waals surface area contributed by atoms with Crippen molar-refractivity contribution >= 4 is 18.1 Å². The molecule has 2 aromatic rings. The van der Waals surface area contributed by atoms with E-state index in [0.717, 1.165) is 16.8 Å². The highest BCUT2D eigenvalue weighted by Crippen LogP contribution is 2.37. The summed E-state index contributed by atoms with van der Waals surface area (Å²) in [5.41, 5.74) is 2.99. The van der Waals surface area contributed by atoms with Gasteiger partial charge in [-0.2, -0.15) is 0 Å². The second-order valence-corrected chi connectivity index (χ2v) is 9.29. The predicted molar refractivity (Wildman–Crippen MR) is 122 cm³/mol. The summed E-state index contributed by atoms with van der Waals surface area (Å²) in [5.74, 6) is 0.128. The maximum atomic E-state index is 11.2. The van der Waals surface area contributed by atoms with E-state index in [9.17, 15) is 19.8 Å². The van der Waals surface area contributed by atoms with Crippen LogP contribution in [0.15, 0.2) is 42.5 Å². The second kappa shape index (κ2) is 10.3. The van der Waals surface area contributed by atoms with Crippen molar-refractivity contribution < 1.29 is 19.8 Å². The fourth-order valence-corrected chi connectivity index (χ4v) is 3.41. The number of aromatic hydroxyl groups is 1. The molecule has 5 heteroatoms. The third-order valence-electron chi connectivity index (χ3n) is 5.24. The number of phenols is 1. The van der Waals surface area contributed by atoms with Crippen LogP contribution in [0.3, 0.4) is 0 Å². The molecule has 0 radical (unpaired) electrons. The van der Waals surface area contributed by atoms with Crippen molar-refractivity contribution in [1.82, 2.24) is 0 Å². The summed E-state index contributed by atoms with van der Waals surface area (Å²) in [6.07, 6.45) is 1.17. The fourth-order valence-electron chi connectivity index (χ4n) is 3.41. The third kappa shape index (κ3) is 7.21. The minimum atomic E-state index is -0.792. The summed E-state index contributed by atoms with van der Waals surface area (Å²) in [6, 6.07) is 13.2. The first-order valence-corrected chi connectivity index (χ1v) is 10.1. The highest BCUT2D eigenvalue weighted by atomic mass is 16.4. The molecule has 0 aliphatic rings. The Bertz CT molecular complexity index is 852. The number of anilines is 1. The first-order chi connectivity index (χ1) is 13.8. The summed E-state index contributed by atoms with van der Waals surface area (Å²) >= 11 is 0. The number of benzene rings is 2. The van der Waals surface area contributed by atoms with E-state index in [2.05, 4.69) is 19.2 Å². The van der Waals surface area contributed by atoms with Gasteiger partial charge in [0, 0.05) is 5.69 Å². The van der Waals surface area contributed by atoms with Crippen molar-refractivity contribution in [2.24, 2.45) is 5.41 Å². The normalized spacial score (nSPS) is 11.5. The summed E-state index contributed by atoms with van der Waals surface area (Å²) < 4.78 is 0. The second-order valence-electron chi connectivity index (χ2n) is 9.29. The maximum Gasteiger partial charge on any atom is 0.309 e. The Balaban J connectivity index is 0.000000346. The van der Waals surface area contributed by atoms with Crippen LogP contribution in [0, 0.1) is 12.3 Å². The molecule has 30 heavy (non-hydrogen) atoms. The van der Waals surface area contributed by atoms with Gasteiger partial charge in [-0.25, -0.2) is 0 Å². The largest absolute Gasteiger partial charge is 0.508 e. The Morgan fingerprint density at radius 2 is 1.63 bits per heavy atom. The van der Waals surface area contributed by atoms with Gasteiger partial charge in [-0.3, -0.25) is 9.59 Å². The molecule has 0 spiro atoms. The van der Waals surface area contributed by atoms with Crippen molar-refractivity contribution in [1.29, 1.82) is 0 Å². The Kier molecular flexibility index (Phi) is 8.64. The van der Waals surface area contributed by atoms with Crippen LogP contribution in [0.5, 0.6) is 5.75 Å². The third-order valence-corrected chi connectivity index (χ3v) is 5.24. The van der Waals surface area contributed by atoms with Gasteiger partial charge in [0.25, 0.3) is 0 Å². The molecule has 0 aliphatic heterocycles. The van der Waals surface area contributed by atoms with E-state index in [0.29, 0.717) is 24.5 Å². The van der Waals surface area contributed by atoms with E-state index in [1.54, 1.807) is 19.9 Å². The minimum absolute atomic E-state index is 0.248. The lowest BCUT2D eigenvalue weighted by Crippen LogP contribution is -2.32. The lowest BCUT2D eigenvalue weighted by molar-refractivity contribution is -0.148.